The first-order valence-electron chi connectivity index (χ1n) is 6.19. The van der Waals surface area contributed by atoms with Crippen molar-refractivity contribution >= 4 is 5.97 Å². The van der Waals surface area contributed by atoms with Crippen LogP contribution in [0.2, 0.25) is 0 Å². The van der Waals surface area contributed by atoms with Crippen LogP contribution in [0, 0.1) is 0 Å². The Balaban J connectivity index is 2.61. The van der Waals surface area contributed by atoms with Crippen molar-refractivity contribution in [3.8, 4) is 0 Å². The highest BCUT2D eigenvalue weighted by molar-refractivity contribution is 5.80. The first-order valence-corrected chi connectivity index (χ1v) is 6.19. The lowest BCUT2D eigenvalue weighted by Crippen LogP contribution is -2.62. The first-order chi connectivity index (χ1) is 8.67. The number of ether oxygens (including phenoxy) is 1. The van der Waals surface area contributed by atoms with Gasteiger partial charge in [0, 0.05) is 18.6 Å². The van der Waals surface area contributed by atoms with Gasteiger partial charge in [-0.1, -0.05) is 18.0 Å². The van der Waals surface area contributed by atoms with Crippen molar-refractivity contribution in [3.63, 3.8) is 0 Å². The fourth-order valence-corrected chi connectivity index (χ4v) is 2.49. The van der Waals surface area contributed by atoms with Gasteiger partial charge in [-0.3, -0.25) is 10.1 Å². The molecule has 1 fully saturated rings. The van der Waals surface area contributed by atoms with Crippen molar-refractivity contribution in [1.29, 1.82) is 0 Å². The van der Waals surface area contributed by atoms with Gasteiger partial charge in [0.1, 0.15) is 5.54 Å². The van der Waals surface area contributed by atoms with Crippen molar-refractivity contribution in [1.82, 2.24) is 5.32 Å². The molecule has 0 aromatic rings. The molecule has 7 nitrogen and oxygen atoms in total. The Hall–Kier alpha value is -1.30. The number of methoxy groups -OCH3 is 1. The molecule has 0 aromatic carbocycles. The number of hydrogen-bond donors (Lipinski definition) is 2. The molecule has 1 aliphatic rings. The monoisotopic (exact) mass is 256 g/mol. The molecule has 1 aliphatic carbocycles. The van der Waals surface area contributed by atoms with E-state index in [9.17, 15) is 9.90 Å². The molecular weight excluding hydrogens is 236 g/mol. The van der Waals surface area contributed by atoms with E-state index in [2.05, 4.69) is 15.3 Å². The zero-order valence-corrected chi connectivity index (χ0v) is 10.6. The maximum atomic E-state index is 11.5. The fraction of sp³-hybridized carbons (Fsp3) is 0.909. The summed E-state index contributed by atoms with van der Waals surface area (Å²) in [7, 11) is 1.55. The minimum Gasteiger partial charge on any atom is -0.480 e. The largest absolute Gasteiger partial charge is 0.480 e. The van der Waals surface area contributed by atoms with Gasteiger partial charge in [-0.15, -0.1) is 0 Å². The molecule has 0 aromatic heterocycles. The summed E-state index contributed by atoms with van der Waals surface area (Å²) in [6.07, 6.45) is 3.52. The van der Waals surface area contributed by atoms with E-state index in [1.165, 1.54) is 0 Å². The second kappa shape index (κ2) is 7.20. The summed E-state index contributed by atoms with van der Waals surface area (Å²) >= 11 is 0. The van der Waals surface area contributed by atoms with E-state index in [1.807, 2.05) is 0 Å². The van der Waals surface area contributed by atoms with Crippen LogP contribution >= 0.6 is 0 Å². The summed E-state index contributed by atoms with van der Waals surface area (Å²) in [6, 6.07) is 0. The molecule has 0 spiro atoms. The predicted octanol–water partition coefficient (Wildman–Crippen LogP) is 1.69. The average Bonchev–Trinajstić information content (AvgIpc) is 2.38. The van der Waals surface area contributed by atoms with Gasteiger partial charge in [-0.2, -0.15) is 0 Å². The van der Waals surface area contributed by atoms with Gasteiger partial charge in [0.05, 0.1) is 6.10 Å². The van der Waals surface area contributed by atoms with Crippen molar-refractivity contribution < 1.29 is 14.6 Å². The zero-order chi connectivity index (χ0) is 13.4. The van der Waals surface area contributed by atoms with E-state index < -0.39 is 11.5 Å². The molecule has 1 saturated carbocycles. The van der Waals surface area contributed by atoms with E-state index in [0.717, 1.165) is 19.3 Å². The Morgan fingerprint density at radius 3 is 3.06 bits per heavy atom. The van der Waals surface area contributed by atoms with Gasteiger partial charge >= 0.3 is 5.97 Å². The molecule has 18 heavy (non-hydrogen) atoms. The van der Waals surface area contributed by atoms with Gasteiger partial charge in [0.15, 0.2) is 0 Å². The van der Waals surface area contributed by atoms with Crippen LogP contribution in [-0.2, 0) is 9.53 Å². The fourth-order valence-electron chi connectivity index (χ4n) is 2.49. The minimum atomic E-state index is -0.997. The van der Waals surface area contributed by atoms with Crippen LogP contribution in [0.1, 0.15) is 32.1 Å². The number of nitrogens with zero attached hydrogens (tertiary/aromatic N) is 3. The van der Waals surface area contributed by atoms with Crippen LogP contribution in [0.3, 0.4) is 0 Å². The van der Waals surface area contributed by atoms with Crippen LogP contribution in [0.25, 0.3) is 10.4 Å². The molecule has 0 aliphatic heterocycles. The Kier molecular flexibility index (Phi) is 5.91. The quantitative estimate of drug-likeness (QED) is 0.313. The maximum Gasteiger partial charge on any atom is 0.326 e. The molecular formula is C11H20N4O3. The van der Waals surface area contributed by atoms with Crippen molar-refractivity contribution in [2.45, 2.75) is 43.7 Å². The van der Waals surface area contributed by atoms with Gasteiger partial charge in [0.2, 0.25) is 0 Å². The Labute approximate surface area is 106 Å². The van der Waals surface area contributed by atoms with E-state index >= 15 is 0 Å². The maximum absolute atomic E-state index is 11.5. The second-order valence-electron chi connectivity index (χ2n) is 4.48. The highest BCUT2D eigenvalue weighted by Crippen LogP contribution is 2.31. The van der Waals surface area contributed by atoms with E-state index in [1.54, 1.807) is 7.11 Å². The van der Waals surface area contributed by atoms with Gasteiger partial charge in [-0.25, -0.2) is 0 Å². The molecule has 102 valence electrons. The molecule has 2 N–H and O–H groups in total. The highest BCUT2D eigenvalue weighted by Gasteiger charge is 2.47. The Morgan fingerprint density at radius 2 is 2.44 bits per heavy atom. The molecule has 0 radical (unpaired) electrons. The van der Waals surface area contributed by atoms with Crippen molar-refractivity contribution in [3.05, 3.63) is 10.4 Å². The number of carbonyl (C=O) groups is 1. The van der Waals surface area contributed by atoms with Crippen LogP contribution < -0.4 is 5.32 Å². The molecule has 2 atom stereocenters. The molecule has 0 amide bonds. The van der Waals surface area contributed by atoms with Gasteiger partial charge in [0.25, 0.3) is 0 Å². The summed E-state index contributed by atoms with van der Waals surface area (Å²) in [6.45, 7) is 0.877. The van der Waals surface area contributed by atoms with E-state index in [4.69, 9.17) is 10.3 Å². The predicted molar refractivity (Wildman–Crippen MR) is 66.3 cm³/mol. The van der Waals surface area contributed by atoms with Gasteiger partial charge < -0.3 is 9.84 Å². The van der Waals surface area contributed by atoms with Crippen LogP contribution in [-0.4, -0.2) is 42.9 Å². The Morgan fingerprint density at radius 1 is 1.67 bits per heavy atom. The summed E-state index contributed by atoms with van der Waals surface area (Å²) in [4.78, 5) is 14.2. The van der Waals surface area contributed by atoms with Crippen LogP contribution in [0.5, 0.6) is 0 Å². The number of aliphatic carboxylic acids is 1. The summed E-state index contributed by atoms with van der Waals surface area (Å²) < 4.78 is 5.32. The summed E-state index contributed by atoms with van der Waals surface area (Å²) in [5.41, 5.74) is 7.16. The number of carboxylic acid groups (broad SMARTS) is 1. The topological polar surface area (TPSA) is 107 Å². The van der Waals surface area contributed by atoms with Crippen molar-refractivity contribution in [2.75, 3.05) is 20.2 Å². The first kappa shape index (κ1) is 14.8. The lowest BCUT2D eigenvalue weighted by atomic mass is 9.79. The third-order valence-corrected chi connectivity index (χ3v) is 3.44. The van der Waals surface area contributed by atoms with Gasteiger partial charge in [-0.05, 0) is 31.3 Å². The summed E-state index contributed by atoms with van der Waals surface area (Å²) in [5.74, 6) is -0.863. The molecule has 0 heterocycles. The number of rotatable bonds is 7. The molecule has 1 rings (SSSR count). The van der Waals surface area contributed by atoms with Crippen LogP contribution in [0.4, 0.5) is 0 Å². The second-order valence-corrected chi connectivity index (χ2v) is 4.48. The standard InChI is InChI=1S/C11H20N4O3/c1-18-9-5-2-3-6-11(9,10(16)17)13-7-4-8-14-15-12/h9,13H,2-8H2,1H3,(H,16,17). The van der Waals surface area contributed by atoms with E-state index in [-0.39, 0.29) is 6.10 Å². The molecule has 2 unspecified atom stereocenters. The smallest absolute Gasteiger partial charge is 0.326 e. The number of azide groups is 1. The lowest BCUT2D eigenvalue weighted by Gasteiger charge is -2.40. The number of hydrogen-bond acceptors (Lipinski definition) is 4. The SMILES string of the molecule is COC1CCCCC1(NCCCN=[N+]=[N-])C(=O)O. The number of nitrogens with one attached hydrogen (secondary N) is 1. The van der Waals surface area contributed by atoms with E-state index in [0.29, 0.717) is 25.9 Å². The number of carboxylic acids is 1. The van der Waals surface area contributed by atoms with Crippen LogP contribution in [0.15, 0.2) is 5.11 Å². The normalized spacial score (nSPS) is 27.5. The summed E-state index contributed by atoms with van der Waals surface area (Å²) in [5, 5.41) is 16.0. The highest BCUT2D eigenvalue weighted by atomic mass is 16.5. The third kappa shape index (κ3) is 3.35. The lowest BCUT2D eigenvalue weighted by molar-refractivity contribution is -0.154. The molecule has 0 saturated heterocycles. The minimum absolute atomic E-state index is 0.303. The third-order valence-electron chi connectivity index (χ3n) is 3.44. The molecule has 7 heteroatoms. The van der Waals surface area contributed by atoms with Crippen molar-refractivity contribution in [2.24, 2.45) is 5.11 Å². The molecule has 0 bridgehead atoms. The zero-order valence-electron chi connectivity index (χ0n) is 10.6. The Bertz CT molecular complexity index is 330. The average molecular weight is 256 g/mol.